The van der Waals surface area contributed by atoms with Crippen molar-refractivity contribution >= 4 is 26.0 Å². The van der Waals surface area contributed by atoms with Crippen LogP contribution in [-0.4, -0.2) is 20.3 Å². The van der Waals surface area contributed by atoms with Crippen LogP contribution in [0.3, 0.4) is 0 Å². The Bertz CT molecular complexity index is 472. The number of hydrogen-bond acceptors (Lipinski definition) is 2. The van der Waals surface area contributed by atoms with Gasteiger partial charge in [-0.05, 0) is 36.6 Å². The van der Waals surface area contributed by atoms with Crippen molar-refractivity contribution in [2.24, 2.45) is 5.92 Å². The first-order valence-corrected chi connectivity index (χ1v) is 8.37. The molecule has 0 saturated carbocycles. The Morgan fingerprint density at radius 3 is 1.94 bits per heavy atom. The van der Waals surface area contributed by atoms with Gasteiger partial charge in [-0.2, -0.15) is 0 Å². The molecule has 3 nitrogen and oxygen atoms in total. The quantitative estimate of drug-likeness (QED) is 0.841. The van der Waals surface area contributed by atoms with Crippen LogP contribution < -0.4 is 4.72 Å². The minimum atomic E-state index is -3.34. The van der Waals surface area contributed by atoms with Crippen LogP contribution in [0.5, 0.6) is 0 Å². The molecule has 1 N–H and O–H groups in total. The Labute approximate surface area is 118 Å². The third-order valence-corrected chi connectivity index (χ3v) is 5.06. The molecule has 0 aliphatic rings. The van der Waals surface area contributed by atoms with Crippen molar-refractivity contribution in [1.29, 1.82) is 0 Å². The van der Waals surface area contributed by atoms with Gasteiger partial charge in [-0.15, -0.1) is 0 Å². The van der Waals surface area contributed by atoms with Crippen LogP contribution in [0.2, 0.25) is 0 Å². The fourth-order valence-electron chi connectivity index (χ4n) is 2.17. The molecule has 1 rings (SSSR count). The SMILES string of the molecule is CNS(=O)(=O)c1ccc(C(C(C)C)C(C)Br)cc1. The normalized spacial score (nSPS) is 15.7. The number of sulfonamides is 1. The molecule has 1 aromatic carbocycles. The molecule has 2 atom stereocenters. The Morgan fingerprint density at radius 1 is 1.11 bits per heavy atom. The maximum absolute atomic E-state index is 11.6. The molecule has 18 heavy (non-hydrogen) atoms. The van der Waals surface area contributed by atoms with E-state index < -0.39 is 10.0 Å². The first-order valence-electron chi connectivity index (χ1n) is 5.97. The highest BCUT2D eigenvalue weighted by Crippen LogP contribution is 2.32. The highest BCUT2D eigenvalue weighted by Gasteiger charge is 2.21. The van der Waals surface area contributed by atoms with Crippen LogP contribution in [0.4, 0.5) is 0 Å². The summed E-state index contributed by atoms with van der Waals surface area (Å²) < 4.78 is 25.6. The Kier molecular flexibility index (Phi) is 5.37. The van der Waals surface area contributed by atoms with Gasteiger partial charge in [0.2, 0.25) is 10.0 Å². The predicted octanol–water partition coefficient (Wildman–Crippen LogP) is 3.12. The molecule has 2 unspecified atom stereocenters. The fraction of sp³-hybridized carbons (Fsp3) is 0.538. The molecule has 102 valence electrons. The van der Waals surface area contributed by atoms with Crippen molar-refractivity contribution < 1.29 is 8.42 Å². The molecule has 0 fully saturated rings. The van der Waals surface area contributed by atoms with Crippen LogP contribution in [-0.2, 0) is 10.0 Å². The van der Waals surface area contributed by atoms with Crippen molar-refractivity contribution in [1.82, 2.24) is 4.72 Å². The molecule has 1 aromatic rings. The lowest BCUT2D eigenvalue weighted by atomic mass is 9.86. The molecular weight excluding hydrogens is 314 g/mol. The van der Waals surface area contributed by atoms with Gasteiger partial charge in [-0.25, -0.2) is 13.1 Å². The zero-order valence-corrected chi connectivity index (χ0v) is 13.5. The Balaban J connectivity index is 3.09. The molecule has 0 spiro atoms. The molecule has 0 radical (unpaired) electrons. The summed E-state index contributed by atoms with van der Waals surface area (Å²) >= 11 is 3.62. The van der Waals surface area contributed by atoms with E-state index >= 15 is 0 Å². The van der Waals surface area contributed by atoms with Crippen molar-refractivity contribution in [3.05, 3.63) is 29.8 Å². The lowest BCUT2D eigenvalue weighted by molar-refractivity contribution is 0.498. The van der Waals surface area contributed by atoms with E-state index in [0.717, 1.165) is 5.56 Å². The van der Waals surface area contributed by atoms with E-state index in [1.807, 2.05) is 12.1 Å². The third-order valence-electron chi connectivity index (χ3n) is 3.06. The van der Waals surface area contributed by atoms with E-state index in [4.69, 9.17) is 0 Å². The lowest BCUT2D eigenvalue weighted by Gasteiger charge is -2.24. The molecule has 5 heteroatoms. The van der Waals surface area contributed by atoms with Gasteiger partial charge < -0.3 is 0 Å². The second-order valence-electron chi connectivity index (χ2n) is 4.72. The van der Waals surface area contributed by atoms with Crippen molar-refractivity contribution in [3.8, 4) is 0 Å². The van der Waals surface area contributed by atoms with Gasteiger partial charge in [0.15, 0.2) is 0 Å². The fourth-order valence-corrected chi connectivity index (χ4v) is 3.81. The Morgan fingerprint density at radius 2 is 1.61 bits per heavy atom. The number of nitrogens with one attached hydrogen (secondary N) is 1. The Hall–Kier alpha value is -0.390. The van der Waals surface area contributed by atoms with Crippen molar-refractivity contribution in [2.45, 2.75) is 36.4 Å². The summed E-state index contributed by atoms with van der Waals surface area (Å²) in [6, 6.07) is 7.11. The smallest absolute Gasteiger partial charge is 0.214 e. The van der Waals surface area contributed by atoms with Gasteiger partial charge in [0, 0.05) is 4.83 Å². The van der Waals surface area contributed by atoms with Gasteiger partial charge in [0.05, 0.1) is 4.90 Å². The van der Waals surface area contributed by atoms with E-state index in [2.05, 4.69) is 41.4 Å². The summed E-state index contributed by atoms with van der Waals surface area (Å²) in [4.78, 5) is 0.655. The van der Waals surface area contributed by atoms with Gasteiger partial charge in [-0.1, -0.05) is 48.8 Å². The zero-order valence-electron chi connectivity index (χ0n) is 11.1. The predicted molar refractivity (Wildman–Crippen MR) is 78.7 cm³/mol. The first-order chi connectivity index (χ1) is 8.29. The summed E-state index contributed by atoms with van der Waals surface area (Å²) in [6.45, 7) is 6.45. The molecular formula is C13H20BrNO2S. The average molecular weight is 334 g/mol. The van der Waals surface area contributed by atoms with E-state index in [0.29, 0.717) is 21.6 Å². The van der Waals surface area contributed by atoms with Crippen LogP contribution in [0.1, 0.15) is 32.3 Å². The maximum Gasteiger partial charge on any atom is 0.240 e. The number of hydrogen-bond donors (Lipinski definition) is 1. The third kappa shape index (κ3) is 3.56. The molecule has 0 amide bonds. The van der Waals surface area contributed by atoms with Crippen LogP contribution in [0.25, 0.3) is 0 Å². The van der Waals surface area contributed by atoms with E-state index in [-0.39, 0.29) is 0 Å². The second kappa shape index (κ2) is 6.17. The minimum Gasteiger partial charge on any atom is -0.214 e. The topological polar surface area (TPSA) is 46.2 Å². The molecule has 0 aliphatic carbocycles. The largest absolute Gasteiger partial charge is 0.240 e. The molecule has 0 saturated heterocycles. The summed E-state index contributed by atoms with van der Waals surface area (Å²) in [5.41, 5.74) is 1.16. The van der Waals surface area contributed by atoms with Gasteiger partial charge in [-0.3, -0.25) is 0 Å². The number of benzene rings is 1. The number of alkyl halides is 1. The van der Waals surface area contributed by atoms with Crippen molar-refractivity contribution in [3.63, 3.8) is 0 Å². The van der Waals surface area contributed by atoms with Crippen LogP contribution >= 0.6 is 15.9 Å². The first kappa shape index (κ1) is 15.7. The minimum absolute atomic E-state index is 0.304. The number of rotatable bonds is 5. The summed E-state index contributed by atoms with van der Waals surface area (Å²) in [5, 5.41) is 0. The molecule has 0 bridgehead atoms. The molecule has 0 aliphatic heterocycles. The van der Waals surface area contributed by atoms with Crippen LogP contribution in [0.15, 0.2) is 29.2 Å². The summed E-state index contributed by atoms with van der Waals surface area (Å²) in [7, 11) is -1.93. The van der Waals surface area contributed by atoms with E-state index in [1.165, 1.54) is 7.05 Å². The highest BCUT2D eigenvalue weighted by molar-refractivity contribution is 9.09. The van der Waals surface area contributed by atoms with Gasteiger partial charge >= 0.3 is 0 Å². The molecule has 0 heterocycles. The zero-order chi connectivity index (χ0) is 13.9. The lowest BCUT2D eigenvalue weighted by Crippen LogP contribution is -2.19. The second-order valence-corrected chi connectivity index (χ2v) is 8.05. The maximum atomic E-state index is 11.6. The standard InChI is InChI=1S/C13H20BrNO2S/c1-9(2)13(10(3)14)11-5-7-12(8-6-11)18(16,17)15-4/h5-10,13,15H,1-4H3. The monoisotopic (exact) mass is 333 g/mol. The van der Waals surface area contributed by atoms with Crippen LogP contribution in [0, 0.1) is 5.92 Å². The highest BCUT2D eigenvalue weighted by atomic mass is 79.9. The van der Waals surface area contributed by atoms with Gasteiger partial charge in [0.25, 0.3) is 0 Å². The summed E-state index contributed by atoms with van der Waals surface area (Å²) in [5.74, 6) is 0.863. The van der Waals surface area contributed by atoms with Gasteiger partial charge in [0.1, 0.15) is 0 Å². The van der Waals surface area contributed by atoms with E-state index in [1.54, 1.807) is 12.1 Å². The average Bonchev–Trinajstić information content (AvgIpc) is 2.29. The molecule has 0 aromatic heterocycles. The summed E-state index contributed by atoms with van der Waals surface area (Å²) in [6.07, 6.45) is 0. The number of halogens is 1. The van der Waals surface area contributed by atoms with E-state index in [9.17, 15) is 8.42 Å². The van der Waals surface area contributed by atoms with Crippen molar-refractivity contribution in [2.75, 3.05) is 7.05 Å².